The van der Waals surface area contributed by atoms with Gasteiger partial charge in [0.05, 0.1) is 11.4 Å². The summed E-state index contributed by atoms with van der Waals surface area (Å²) >= 11 is 0. The van der Waals surface area contributed by atoms with E-state index in [9.17, 15) is 0 Å². The molecule has 0 radical (unpaired) electrons. The third-order valence-corrected chi connectivity index (χ3v) is 23.6. The van der Waals surface area contributed by atoms with E-state index in [0.29, 0.717) is 0 Å². The first-order chi connectivity index (χ1) is 26.1. The lowest BCUT2D eigenvalue weighted by atomic mass is 10.0. The summed E-state index contributed by atoms with van der Waals surface area (Å²) in [5.74, 6) is 0. The Morgan fingerprint density at radius 3 is 0.764 bits per heavy atom. The van der Waals surface area contributed by atoms with Gasteiger partial charge in [-0.25, -0.2) is 0 Å². The van der Waals surface area contributed by atoms with Crippen LogP contribution in [-0.4, -0.2) is 27.9 Å². The van der Waals surface area contributed by atoms with Gasteiger partial charge in [0.2, 0.25) is 16.5 Å². The molecule has 1 heterocycles. The van der Waals surface area contributed by atoms with Gasteiger partial charge in [0, 0.05) is 11.1 Å². The van der Waals surface area contributed by atoms with Crippen LogP contribution in [0.2, 0.25) is 5.67 Å². The van der Waals surface area contributed by atoms with Crippen LogP contribution in [0.3, 0.4) is 0 Å². The van der Waals surface area contributed by atoms with Crippen LogP contribution in [0.1, 0.15) is 77.9 Å². The van der Waals surface area contributed by atoms with Crippen LogP contribution in [0.4, 0.5) is 0 Å². The number of aryl methyl sites for hydroxylation is 12. The zero-order valence-electron chi connectivity index (χ0n) is 35.0. The number of rotatable bonds is 6. The Hall–Kier alpha value is -4.91. The minimum absolute atomic E-state index is 0.887. The third kappa shape index (κ3) is 6.74. The number of hydrogen-bond donors (Lipinski definition) is 0. The molecule has 0 bridgehead atoms. The quantitative estimate of drug-likeness (QED) is 0.152. The van der Waals surface area contributed by atoms with Gasteiger partial charge < -0.3 is 9.32 Å². The Morgan fingerprint density at radius 1 is 0.327 bits per heavy atom. The fourth-order valence-electron chi connectivity index (χ4n) is 10.7. The first-order valence-corrected chi connectivity index (χ1v) is 24.1. The van der Waals surface area contributed by atoms with Gasteiger partial charge in [-0.2, -0.15) is 0 Å². The molecule has 1 aliphatic rings. The van der Waals surface area contributed by atoms with Gasteiger partial charge >= 0.3 is 0 Å². The lowest BCUT2D eigenvalue weighted by Crippen LogP contribution is -2.71. The van der Waals surface area contributed by atoms with Crippen LogP contribution in [0.5, 0.6) is 0 Å². The predicted octanol–water partition coefficient (Wildman–Crippen LogP) is 9.74. The Morgan fingerprint density at radius 2 is 0.545 bits per heavy atom. The van der Waals surface area contributed by atoms with Crippen molar-refractivity contribution in [2.75, 3.05) is 0 Å². The number of hydrogen-bond acceptors (Lipinski definition) is 2. The zero-order chi connectivity index (χ0) is 39.4. The molecule has 0 unspecified atom stereocenters. The topological polar surface area (TPSA) is 24.7 Å². The molecular formula is C51H56N2Si2. The summed E-state index contributed by atoms with van der Waals surface area (Å²) in [5, 5.41) is 5.75. The van der Waals surface area contributed by atoms with Crippen molar-refractivity contribution in [3.8, 4) is 0 Å². The van der Waals surface area contributed by atoms with Crippen molar-refractivity contribution in [3.63, 3.8) is 0 Å². The van der Waals surface area contributed by atoms with Gasteiger partial charge in [-0.15, -0.1) is 0 Å². The summed E-state index contributed by atoms with van der Waals surface area (Å²) < 4.78 is 13.1. The van der Waals surface area contributed by atoms with Crippen molar-refractivity contribution in [3.05, 3.63) is 187 Å². The molecule has 0 atom stereocenters. The van der Waals surface area contributed by atoms with E-state index < -0.39 is 16.5 Å². The van der Waals surface area contributed by atoms with Crippen LogP contribution in [0.15, 0.2) is 119 Å². The molecule has 0 aliphatic carbocycles. The second kappa shape index (κ2) is 14.6. The molecule has 2 nitrogen and oxygen atoms in total. The fourth-order valence-corrected chi connectivity index (χ4v) is 25.1. The van der Waals surface area contributed by atoms with Gasteiger partial charge in [0.25, 0.3) is 0 Å². The van der Waals surface area contributed by atoms with Gasteiger partial charge in [0.15, 0.2) is 0 Å². The van der Waals surface area contributed by atoms with E-state index >= 15 is 0 Å². The number of nitrogens with zero attached hydrogens (tertiary/aromatic N) is 2. The Kier molecular flexibility index (Phi) is 10.2. The Labute approximate surface area is 332 Å². The summed E-state index contributed by atoms with van der Waals surface area (Å²) in [6.07, 6.45) is 0. The highest BCUT2D eigenvalue weighted by molar-refractivity contribution is 7.18. The van der Waals surface area contributed by atoms with Crippen LogP contribution in [0, 0.1) is 83.1 Å². The summed E-state index contributed by atoms with van der Waals surface area (Å²) in [6.45, 7) is 27.7. The van der Waals surface area contributed by atoms with Crippen molar-refractivity contribution in [1.29, 1.82) is 0 Å². The lowest BCUT2D eigenvalue weighted by molar-refractivity contribution is 1.29. The minimum Gasteiger partial charge on any atom is -0.307 e. The Bertz CT molecular complexity index is 2140. The second-order valence-corrected chi connectivity index (χ2v) is 23.9. The summed E-state index contributed by atoms with van der Waals surface area (Å²) in [4.78, 5) is 0. The molecule has 0 N–H and O–H groups in total. The maximum atomic E-state index is 6.54. The highest BCUT2D eigenvalue weighted by atomic mass is 28.4. The van der Waals surface area contributed by atoms with Crippen LogP contribution in [0.25, 0.3) is 0 Å². The molecule has 0 amide bonds. The third-order valence-electron chi connectivity index (χ3n) is 11.8. The molecule has 55 heavy (non-hydrogen) atoms. The highest BCUT2D eigenvalue weighted by Crippen LogP contribution is 2.35. The van der Waals surface area contributed by atoms with Crippen molar-refractivity contribution in [2.45, 2.75) is 88.8 Å². The van der Waals surface area contributed by atoms with Gasteiger partial charge in [-0.05, 0) is 154 Å². The Balaban J connectivity index is 1.84. The van der Waals surface area contributed by atoms with Crippen molar-refractivity contribution in [1.82, 2.24) is 0 Å². The maximum absolute atomic E-state index is 6.54. The monoisotopic (exact) mass is 752 g/mol. The average Bonchev–Trinajstić information content (AvgIpc) is 3.23. The smallest absolute Gasteiger partial charge is 0.244 e. The predicted molar refractivity (Wildman–Crippen MR) is 243 cm³/mol. The summed E-state index contributed by atoms with van der Waals surface area (Å²) in [7, 11) is -6.43. The minimum atomic E-state index is -3.21. The van der Waals surface area contributed by atoms with Gasteiger partial charge in [0.1, 0.15) is 0 Å². The van der Waals surface area contributed by atoms with Gasteiger partial charge in [-0.1, -0.05) is 131 Å². The molecule has 0 spiro atoms. The van der Waals surface area contributed by atoms with E-state index in [1.54, 1.807) is 0 Å². The van der Waals surface area contributed by atoms with Crippen molar-refractivity contribution in [2.24, 2.45) is 9.32 Å². The van der Waals surface area contributed by atoms with Crippen LogP contribution < -0.4 is 20.7 Å². The second-order valence-electron chi connectivity index (χ2n) is 16.6. The first kappa shape index (κ1) is 38.4. The fraction of sp³-hybridized carbons (Fsp3) is 0.255. The molecule has 1 aliphatic heterocycles. The summed E-state index contributed by atoms with van der Waals surface area (Å²) in [5.41, 5.74) is 21.0. The van der Waals surface area contributed by atoms with E-state index in [-0.39, 0.29) is 0 Å². The molecule has 6 aromatic rings. The van der Waals surface area contributed by atoms with E-state index in [0.717, 1.165) is 28.2 Å². The molecule has 7 rings (SSSR count). The van der Waals surface area contributed by atoms with Crippen molar-refractivity contribution >= 4 is 48.6 Å². The molecule has 0 saturated heterocycles. The largest absolute Gasteiger partial charge is 0.307 e. The molecular weight excluding hydrogens is 697 g/mol. The van der Waals surface area contributed by atoms with E-state index in [4.69, 9.17) is 9.32 Å². The van der Waals surface area contributed by atoms with E-state index in [2.05, 4.69) is 192 Å². The highest BCUT2D eigenvalue weighted by Gasteiger charge is 2.56. The molecule has 0 fully saturated rings. The van der Waals surface area contributed by atoms with E-state index in [1.807, 2.05) is 0 Å². The molecule has 0 saturated carbocycles. The SMILES string of the molecule is Cc1cc(C)c([Si]2(c3c(C)cc(C)cc3C)C[Si](c3c(C)cc(C)cc3C)(c3c(C)cc(C)cc3C)N=C(c3ccccc3)C(c3ccccc3)=N2)c(C)c1. The van der Waals surface area contributed by atoms with Crippen LogP contribution >= 0.6 is 0 Å². The molecule has 4 heteroatoms. The average molecular weight is 753 g/mol. The first-order valence-electron chi connectivity index (χ1n) is 19.8. The molecule has 0 aromatic heterocycles. The summed E-state index contributed by atoms with van der Waals surface area (Å²) in [6, 6.07) is 41.1. The maximum Gasteiger partial charge on any atom is 0.244 e. The molecule has 278 valence electrons. The van der Waals surface area contributed by atoms with E-state index in [1.165, 1.54) is 87.5 Å². The van der Waals surface area contributed by atoms with Crippen molar-refractivity contribution < 1.29 is 0 Å². The standard InChI is InChI=1S/C51H56N2Si2/c1-32-23-36(5)48(37(6)24-32)54(49-38(7)25-33(2)26-39(49)8)31-55(50-40(9)27-34(3)28-41(50)10,51-42(11)29-35(4)30-43(51)12)53-47(45-21-17-14-18-22-45)46(52-54)44-19-15-13-16-20-44/h13-30H,31H2,1-12H3. The number of benzene rings is 6. The zero-order valence-corrected chi connectivity index (χ0v) is 37.0. The van der Waals surface area contributed by atoms with Gasteiger partial charge in [-0.3, -0.25) is 0 Å². The lowest BCUT2D eigenvalue weighted by Gasteiger charge is -2.41. The molecule has 6 aromatic carbocycles. The van der Waals surface area contributed by atoms with Crippen LogP contribution in [-0.2, 0) is 0 Å². The normalized spacial score (nSPS) is 15.0.